The van der Waals surface area contributed by atoms with Gasteiger partial charge in [0.25, 0.3) is 0 Å². The highest BCUT2D eigenvalue weighted by molar-refractivity contribution is 5.89. The monoisotopic (exact) mass is 417 g/mol. The van der Waals surface area contributed by atoms with Gasteiger partial charge in [-0.15, -0.1) is 0 Å². The lowest BCUT2D eigenvalue weighted by Gasteiger charge is -2.30. The second-order valence-electron chi connectivity index (χ2n) is 6.85. The molecule has 4 aromatic rings. The van der Waals surface area contributed by atoms with Crippen LogP contribution in [0.25, 0.3) is 16.6 Å². The van der Waals surface area contributed by atoms with Crippen molar-refractivity contribution in [3.8, 4) is 5.69 Å². The Morgan fingerprint density at radius 3 is 2.45 bits per heavy atom. The molecule has 0 saturated heterocycles. The van der Waals surface area contributed by atoms with Crippen molar-refractivity contribution in [3.63, 3.8) is 0 Å². The zero-order valence-electron chi connectivity index (χ0n) is 17.3. The average Bonchev–Trinajstić information content (AvgIpc) is 3.25. The smallest absolute Gasteiger partial charge is 0.319 e. The van der Waals surface area contributed by atoms with Crippen molar-refractivity contribution in [1.29, 1.82) is 0 Å². The molecule has 0 bridgehead atoms. The number of para-hydroxylation sites is 1. The molecule has 158 valence electrons. The number of amides is 2. The quantitative estimate of drug-likeness (QED) is 0.448. The molecule has 2 N–H and O–H groups in total. The Labute approximate surface area is 179 Å². The van der Waals surface area contributed by atoms with Crippen LogP contribution >= 0.6 is 0 Å². The Balaban J connectivity index is 1.42. The van der Waals surface area contributed by atoms with Gasteiger partial charge in [-0.3, -0.25) is 4.98 Å². The van der Waals surface area contributed by atoms with Crippen LogP contribution in [0.5, 0.6) is 0 Å². The minimum absolute atomic E-state index is 0.0835. The molecule has 4 rings (SSSR count). The maximum Gasteiger partial charge on any atom is 0.319 e. The van der Waals surface area contributed by atoms with Gasteiger partial charge in [0.05, 0.1) is 23.9 Å². The SMILES string of the molecule is COC(CNC(=O)Nc1ccc(-n2ncc3ccccc32)cc1)(OC)c1ccccn1. The minimum atomic E-state index is -1.18. The third-order valence-corrected chi connectivity index (χ3v) is 5.04. The average molecular weight is 417 g/mol. The number of fused-ring (bicyclic) bond motifs is 1. The summed E-state index contributed by atoms with van der Waals surface area (Å²) in [6, 6.07) is 20.5. The van der Waals surface area contributed by atoms with Crippen molar-refractivity contribution in [1.82, 2.24) is 20.1 Å². The number of hydrogen-bond donors (Lipinski definition) is 2. The number of carbonyl (C=O) groups is 1. The lowest BCUT2D eigenvalue weighted by Crippen LogP contribution is -2.45. The van der Waals surface area contributed by atoms with Gasteiger partial charge in [0.15, 0.2) is 0 Å². The number of anilines is 1. The summed E-state index contributed by atoms with van der Waals surface area (Å²) in [5.74, 6) is -1.18. The molecule has 2 amide bonds. The van der Waals surface area contributed by atoms with E-state index in [9.17, 15) is 4.79 Å². The van der Waals surface area contributed by atoms with Crippen LogP contribution in [0.2, 0.25) is 0 Å². The fraction of sp³-hybridized carbons (Fsp3) is 0.174. The molecular formula is C23H23N5O3. The summed E-state index contributed by atoms with van der Waals surface area (Å²) >= 11 is 0. The highest BCUT2D eigenvalue weighted by Gasteiger charge is 2.34. The third-order valence-electron chi connectivity index (χ3n) is 5.04. The molecule has 0 fully saturated rings. The Hall–Kier alpha value is -3.75. The Morgan fingerprint density at radius 1 is 1.00 bits per heavy atom. The topological polar surface area (TPSA) is 90.3 Å². The van der Waals surface area contributed by atoms with Gasteiger partial charge in [-0.25, -0.2) is 9.48 Å². The molecule has 8 heteroatoms. The van der Waals surface area contributed by atoms with Crippen molar-refractivity contribution in [2.75, 3.05) is 26.1 Å². The number of benzene rings is 2. The van der Waals surface area contributed by atoms with Crippen molar-refractivity contribution < 1.29 is 14.3 Å². The lowest BCUT2D eigenvalue weighted by atomic mass is 10.1. The maximum absolute atomic E-state index is 12.4. The minimum Gasteiger partial charge on any atom is -0.347 e. The Kier molecular flexibility index (Phi) is 5.92. The highest BCUT2D eigenvalue weighted by Crippen LogP contribution is 2.23. The number of nitrogens with one attached hydrogen (secondary N) is 2. The van der Waals surface area contributed by atoms with Gasteiger partial charge in [0, 0.05) is 31.5 Å². The van der Waals surface area contributed by atoms with Gasteiger partial charge in [0.1, 0.15) is 5.69 Å². The highest BCUT2D eigenvalue weighted by atomic mass is 16.7. The molecule has 0 radical (unpaired) electrons. The van der Waals surface area contributed by atoms with E-state index in [2.05, 4.69) is 20.7 Å². The van der Waals surface area contributed by atoms with Crippen LogP contribution in [0.15, 0.2) is 79.1 Å². The summed E-state index contributed by atoms with van der Waals surface area (Å²) < 4.78 is 12.9. The number of nitrogens with zero attached hydrogens (tertiary/aromatic N) is 3. The third kappa shape index (κ3) is 4.25. The van der Waals surface area contributed by atoms with Gasteiger partial charge in [-0.05, 0) is 42.5 Å². The number of pyridine rings is 1. The van der Waals surface area contributed by atoms with E-state index in [4.69, 9.17) is 9.47 Å². The van der Waals surface area contributed by atoms with Gasteiger partial charge in [-0.2, -0.15) is 5.10 Å². The normalized spacial score (nSPS) is 11.4. The number of urea groups is 1. The van der Waals surface area contributed by atoms with Gasteiger partial charge in [-0.1, -0.05) is 24.3 Å². The molecule has 0 atom stereocenters. The van der Waals surface area contributed by atoms with Crippen molar-refractivity contribution >= 4 is 22.6 Å². The summed E-state index contributed by atoms with van der Waals surface area (Å²) in [5.41, 5.74) is 3.14. The second-order valence-corrected chi connectivity index (χ2v) is 6.85. The number of carbonyl (C=O) groups excluding carboxylic acids is 1. The maximum atomic E-state index is 12.4. The summed E-state index contributed by atoms with van der Waals surface area (Å²) in [6.07, 6.45) is 3.47. The van der Waals surface area contributed by atoms with Gasteiger partial charge < -0.3 is 20.1 Å². The molecule has 0 saturated carbocycles. The summed E-state index contributed by atoms with van der Waals surface area (Å²) in [7, 11) is 3.02. The zero-order valence-corrected chi connectivity index (χ0v) is 17.3. The largest absolute Gasteiger partial charge is 0.347 e. The molecule has 2 aromatic heterocycles. The summed E-state index contributed by atoms with van der Waals surface area (Å²) in [6.45, 7) is 0.0835. The van der Waals surface area contributed by atoms with Crippen LogP contribution in [0.3, 0.4) is 0 Å². The van der Waals surface area contributed by atoms with Crippen LogP contribution in [-0.2, 0) is 15.3 Å². The van der Waals surface area contributed by atoms with Gasteiger partial charge in [0.2, 0.25) is 5.79 Å². The van der Waals surface area contributed by atoms with Crippen LogP contribution in [0, 0.1) is 0 Å². The van der Waals surface area contributed by atoms with Crippen LogP contribution < -0.4 is 10.6 Å². The van der Waals surface area contributed by atoms with E-state index >= 15 is 0 Å². The fourth-order valence-electron chi connectivity index (χ4n) is 3.35. The second kappa shape index (κ2) is 8.95. The van der Waals surface area contributed by atoms with Crippen LogP contribution in [-0.4, -0.2) is 41.6 Å². The summed E-state index contributed by atoms with van der Waals surface area (Å²) in [4.78, 5) is 16.7. The van der Waals surface area contributed by atoms with Crippen molar-refractivity contribution in [3.05, 3.63) is 84.8 Å². The van der Waals surface area contributed by atoms with E-state index in [1.807, 2.05) is 65.5 Å². The number of hydrogen-bond acceptors (Lipinski definition) is 5. The molecule has 8 nitrogen and oxygen atoms in total. The Morgan fingerprint density at radius 2 is 1.74 bits per heavy atom. The molecule has 0 aliphatic rings. The van der Waals surface area contributed by atoms with E-state index < -0.39 is 5.79 Å². The lowest BCUT2D eigenvalue weighted by molar-refractivity contribution is -0.213. The molecule has 0 aliphatic heterocycles. The predicted octanol–water partition coefficient (Wildman–Crippen LogP) is 3.69. The van der Waals surface area contributed by atoms with E-state index in [0.29, 0.717) is 11.4 Å². The molecule has 0 aliphatic carbocycles. The number of ether oxygens (including phenoxy) is 2. The van der Waals surface area contributed by atoms with Gasteiger partial charge >= 0.3 is 6.03 Å². The first-order valence-electron chi connectivity index (χ1n) is 9.75. The number of rotatable bonds is 7. The Bertz CT molecular complexity index is 1150. The molecule has 2 aromatic carbocycles. The zero-order chi connectivity index (χ0) is 21.7. The number of methoxy groups -OCH3 is 2. The molecule has 31 heavy (non-hydrogen) atoms. The first-order chi connectivity index (χ1) is 15.1. The molecule has 2 heterocycles. The predicted molar refractivity (Wildman–Crippen MR) is 118 cm³/mol. The van der Waals surface area contributed by atoms with E-state index in [-0.39, 0.29) is 12.6 Å². The van der Waals surface area contributed by atoms with E-state index in [0.717, 1.165) is 16.6 Å². The van der Waals surface area contributed by atoms with Crippen molar-refractivity contribution in [2.24, 2.45) is 0 Å². The molecular weight excluding hydrogens is 394 g/mol. The fourth-order valence-corrected chi connectivity index (χ4v) is 3.35. The number of aromatic nitrogens is 3. The van der Waals surface area contributed by atoms with E-state index in [1.165, 1.54) is 14.2 Å². The van der Waals surface area contributed by atoms with E-state index in [1.54, 1.807) is 18.3 Å². The standard InChI is InChI=1S/C23H23N5O3/c1-30-23(31-2,21-9-5-6-14-24-21)16-25-22(29)27-18-10-12-19(13-11-18)28-20-8-4-3-7-17(20)15-26-28/h3-15H,16H2,1-2H3,(H2,25,27,29). The molecule has 0 spiro atoms. The van der Waals surface area contributed by atoms with Crippen molar-refractivity contribution in [2.45, 2.75) is 5.79 Å². The van der Waals surface area contributed by atoms with Crippen LogP contribution in [0.1, 0.15) is 5.69 Å². The summed E-state index contributed by atoms with van der Waals surface area (Å²) in [5, 5.41) is 11.1. The first-order valence-corrected chi connectivity index (χ1v) is 9.75. The van der Waals surface area contributed by atoms with Crippen LogP contribution in [0.4, 0.5) is 10.5 Å². The first kappa shape index (κ1) is 20.5. The molecule has 0 unspecified atom stereocenters.